The standard InChI is InChI=1S/C56H110O7/c1-7-13-19-25-29-39-47-57-53(58-48-40-30-26-20-14-8-2)43-33-35-45-55(61-51-37-23-17-11-5)63-56(62-52-38-24-18-12-6)46-36-34-44-54(59-49-41-31-27-21-15-9-3)60-50-42-32-28-22-16-10-4/h35-36,45-46,53-56H,7-34,37-44,47-52H2,1-6H3. The van der Waals surface area contributed by atoms with Crippen LogP contribution in [0.2, 0.25) is 0 Å². The van der Waals surface area contributed by atoms with Crippen LogP contribution in [0, 0.1) is 0 Å². The predicted octanol–water partition coefficient (Wildman–Crippen LogP) is 17.7. The third-order valence-electron chi connectivity index (χ3n) is 11.8. The average molecular weight is 895 g/mol. The minimum absolute atomic E-state index is 0.175. The van der Waals surface area contributed by atoms with Gasteiger partial charge in [0.05, 0.1) is 13.2 Å². The van der Waals surface area contributed by atoms with E-state index in [0.29, 0.717) is 13.2 Å². The van der Waals surface area contributed by atoms with E-state index in [0.717, 1.165) is 90.6 Å². The Morgan fingerprint density at radius 1 is 0.270 bits per heavy atom. The van der Waals surface area contributed by atoms with Crippen LogP contribution in [-0.4, -0.2) is 64.8 Å². The third-order valence-corrected chi connectivity index (χ3v) is 11.8. The Balaban J connectivity index is 5.61. The van der Waals surface area contributed by atoms with Crippen molar-refractivity contribution < 1.29 is 33.2 Å². The molecule has 0 N–H and O–H groups in total. The SMILES string of the molecule is CCCCCCCCOC(CCC=CC(OCCCCCC)OC(C=CCCC(OCCCCCCCC)OCCCCCCCC)OCCCCCC)OCCCCCCCC. The summed E-state index contributed by atoms with van der Waals surface area (Å²) in [6.07, 6.45) is 50.1. The Kier molecular flexibility index (Phi) is 53.1. The molecule has 0 radical (unpaired) electrons. The van der Waals surface area contributed by atoms with Gasteiger partial charge in [0.1, 0.15) is 0 Å². The predicted molar refractivity (Wildman–Crippen MR) is 270 cm³/mol. The molecule has 7 nitrogen and oxygen atoms in total. The van der Waals surface area contributed by atoms with Crippen LogP contribution in [0.4, 0.5) is 0 Å². The van der Waals surface area contributed by atoms with Gasteiger partial charge in [0, 0.05) is 39.3 Å². The number of hydrogen-bond acceptors (Lipinski definition) is 7. The van der Waals surface area contributed by atoms with Gasteiger partial charge in [0.25, 0.3) is 0 Å². The van der Waals surface area contributed by atoms with Crippen molar-refractivity contribution >= 4 is 0 Å². The Morgan fingerprint density at radius 2 is 0.492 bits per heavy atom. The minimum atomic E-state index is -0.488. The first-order chi connectivity index (χ1) is 31.1. The van der Waals surface area contributed by atoms with E-state index < -0.39 is 12.6 Å². The average Bonchev–Trinajstić information content (AvgIpc) is 3.29. The highest BCUT2D eigenvalue weighted by atomic mass is 16.8. The van der Waals surface area contributed by atoms with Crippen LogP contribution < -0.4 is 0 Å². The second kappa shape index (κ2) is 53.8. The van der Waals surface area contributed by atoms with Crippen LogP contribution in [0.3, 0.4) is 0 Å². The van der Waals surface area contributed by atoms with Crippen molar-refractivity contribution in [2.45, 2.75) is 298 Å². The lowest BCUT2D eigenvalue weighted by Gasteiger charge is -2.22. The molecule has 63 heavy (non-hydrogen) atoms. The number of unbranched alkanes of at least 4 members (excludes halogenated alkanes) is 26. The summed E-state index contributed by atoms with van der Waals surface area (Å²) in [5.74, 6) is 0. The number of allylic oxidation sites excluding steroid dienone is 2. The summed E-state index contributed by atoms with van der Waals surface area (Å²) in [4.78, 5) is 0. The molecule has 0 aromatic rings. The van der Waals surface area contributed by atoms with Crippen LogP contribution in [-0.2, 0) is 33.2 Å². The van der Waals surface area contributed by atoms with Gasteiger partial charge < -0.3 is 33.2 Å². The Hall–Kier alpha value is -0.800. The van der Waals surface area contributed by atoms with Crippen molar-refractivity contribution in [3.05, 3.63) is 24.3 Å². The zero-order chi connectivity index (χ0) is 45.8. The summed E-state index contributed by atoms with van der Waals surface area (Å²) in [6, 6.07) is 0. The maximum atomic E-state index is 6.61. The van der Waals surface area contributed by atoms with Crippen LogP contribution in [0.15, 0.2) is 24.3 Å². The molecule has 0 aliphatic rings. The molecule has 2 atom stereocenters. The Bertz CT molecular complexity index is 791. The van der Waals surface area contributed by atoms with Crippen molar-refractivity contribution in [1.82, 2.24) is 0 Å². The first-order valence-corrected chi connectivity index (χ1v) is 27.8. The van der Waals surface area contributed by atoms with Crippen molar-refractivity contribution in [3.8, 4) is 0 Å². The van der Waals surface area contributed by atoms with E-state index in [1.54, 1.807) is 0 Å². The van der Waals surface area contributed by atoms with Gasteiger partial charge in [-0.05, 0) is 63.5 Å². The molecule has 0 aliphatic heterocycles. The van der Waals surface area contributed by atoms with E-state index in [4.69, 9.17) is 33.2 Å². The number of ether oxygens (including phenoxy) is 7. The van der Waals surface area contributed by atoms with Crippen LogP contribution >= 0.6 is 0 Å². The summed E-state index contributed by atoms with van der Waals surface area (Å²) in [5, 5.41) is 0. The molecule has 0 saturated carbocycles. The zero-order valence-corrected chi connectivity index (χ0v) is 43.2. The largest absolute Gasteiger partial charge is 0.353 e. The van der Waals surface area contributed by atoms with E-state index in [1.165, 1.54) is 167 Å². The normalized spacial score (nSPS) is 13.2. The van der Waals surface area contributed by atoms with Gasteiger partial charge in [-0.15, -0.1) is 0 Å². The smallest absolute Gasteiger partial charge is 0.180 e. The fourth-order valence-corrected chi connectivity index (χ4v) is 7.57. The first-order valence-electron chi connectivity index (χ1n) is 27.8. The van der Waals surface area contributed by atoms with E-state index >= 15 is 0 Å². The summed E-state index contributed by atoms with van der Waals surface area (Å²) in [5.41, 5.74) is 0. The summed E-state index contributed by atoms with van der Waals surface area (Å²) >= 11 is 0. The molecule has 0 saturated heterocycles. The van der Waals surface area contributed by atoms with Crippen molar-refractivity contribution in [2.24, 2.45) is 0 Å². The Labute approximate surface area is 393 Å². The second-order valence-electron chi connectivity index (χ2n) is 18.2. The lowest BCUT2D eigenvalue weighted by Crippen LogP contribution is -2.25. The highest BCUT2D eigenvalue weighted by molar-refractivity contribution is 4.90. The van der Waals surface area contributed by atoms with Crippen LogP contribution in [0.1, 0.15) is 273 Å². The van der Waals surface area contributed by atoms with E-state index in [1.807, 2.05) is 0 Å². The van der Waals surface area contributed by atoms with Crippen LogP contribution in [0.5, 0.6) is 0 Å². The minimum Gasteiger partial charge on any atom is -0.353 e. The lowest BCUT2D eigenvalue weighted by atomic mass is 10.1. The van der Waals surface area contributed by atoms with E-state index in [2.05, 4.69) is 65.8 Å². The van der Waals surface area contributed by atoms with Gasteiger partial charge in [-0.1, -0.05) is 221 Å². The fraction of sp³-hybridized carbons (Fsp3) is 0.929. The highest BCUT2D eigenvalue weighted by Crippen LogP contribution is 2.16. The topological polar surface area (TPSA) is 64.6 Å². The quantitative estimate of drug-likeness (QED) is 0.0342. The number of rotatable bonds is 54. The molecule has 0 bridgehead atoms. The fourth-order valence-electron chi connectivity index (χ4n) is 7.57. The van der Waals surface area contributed by atoms with Crippen molar-refractivity contribution in [3.63, 3.8) is 0 Å². The summed E-state index contributed by atoms with van der Waals surface area (Å²) in [6.45, 7) is 18.0. The molecule has 7 heteroatoms. The van der Waals surface area contributed by atoms with Crippen molar-refractivity contribution in [2.75, 3.05) is 39.6 Å². The first kappa shape index (κ1) is 62.2. The van der Waals surface area contributed by atoms with Gasteiger partial charge in [0.2, 0.25) is 0 Å². The molecule has 0 amide bonds. The number of hydrogen-bond donors (Lipinski definition) is 0. The van der Waals surface area contributed by atoms with E-state index in [-0.39, 0.29) is 12.6 Å². The van der Waals surface area contributed by atoms with Gasteiger partial charge in [-0.2, -0.15) is 0 Å². The lowest BCUT2D eigenvalue weighted by molar-refractivity contribution is -0.208. The molecule has 0 heterocycles. The van der Waals surface area contributed by atoms with Gasteiger partial charge in [-0.3, -0.25) is 0 Å². The maximum Gasteiger partial charge on any atom is 0.180 e. The summed E-state index contributed by atoms with van der Waals surface area (Å²) in [7, 11) is 0. The second-order valence-corrected chi connectivity index (χ2v) is 18.2. The zero-order valence-electron chi connectivity index (χ0n) is 43.2. The maximum absolute atomic E-state index is 6.61. The molecule has 376 valence electrons. The van der Waals surface area contributed by atoms with E-state index in [9.17, 15) is 0 Å². The van der Waals surface area contributed by atoms with Gasteiger partial charge in [-0.25, -0.2) is 0 Å². The van der Waals surface area contributed by atoms with Gasteiger partial charge in [0.15, 0.2) is 25.2 Å². The molecule has 0 aromatic heterocycles. The third kappa shape index (κ3) is 47.5. The molecule has 0 rings (SSSR count). The summed E-state index contributed by atoms with van der Waals surface area (Å²) < 4.78 is 44.8. The molecular formula is C56H110O7. The molecule has 0 aliphatic carbocycles. The molecular weight excluding hydrogens is 785 g/mol. The molecule has 0 fully saturated rings. The van der Waals surface area contributed by atoms with Gasteiger partial charge >= 0.3 is 0 Å². The highest BCUT2D eigenvalue weighted by Gasteiger charge is 2.16. The molecule has 0 spiro atoms. The van der Waals surface area contributed by atoms with Crippen molar-refractivity contribution in [1.29, 1.82) is 0 Å². The monoisotopic (exact) mass is 895 g/mol. The molecule has 2 unspecified atom stereocenters. The van der Waals surface area contributed by atoms with Crippen LogP contribution in [0.25, 0.3) is 0 Å². The Morgan fingerprint density at radius 3 is 0.762 bits per heavy atom. The molecule has 0 aromatic carbocycles.